The van der Waals surface area contributed by atoms with E-state index < -0.39 is 10.0 Å². The first-order valence-corrected chi connectivity index (χ1v) is 8.91. The Balaban J connectivity index is 1.47. The lowest BCUT2D eigenvalue weighted by molar-refractivity contribution is 0.574. The third-order valence-electron chi connectivity index (χ3n) is 4.55. The minimum absolute atomic E-state index is 0.0609. The predicted octanol–water partition coefficient (Wildman–Crippen LogP) is 2.44. The molecule has 108 valence electrons. The summed E-state index contributed by atoms with van der Waals surface area (Å²) < 4.78 is 27.5. The molecule has 21 heavy (non-hydrogen) atoms. The van der Waals surface area contributed by atoms with Crippen LogP contribution >= 0.6 is 0 Å². The molecule has 0 bridgehead atoms. The lowest BCUT2D eigenvalue weighted by Gasteiger charge is -2.10. The first-order chi connectivity index (χ1) is 10.1. The quantitative estimate of drug-likeness (QED) is 0.942. The maximum atomic E-state index is 12.3. The van der Waals surface area contributed by atoms with Gasteiger partial charge in [0.05, 0.1) is 5.75 Å². The fourth-order valence-corrected chi connectivity index (χ4v) is 5.01. The molecular formula is C17H17NO2S. The van der Waals surface area contributed by atoms with Gasteiger partial charge < -0.3 is 0 Å². The summed E-state index contributed by atoms with van der Waals surface area (Å²) in [5.41, 5.74) is 3.54. The Labute approximate surface area is 125 Å². The second kappa shape index (κ2) is 4.68. The summed E-state index contributed by atoms with van der Waals surface area (Å²) in [5.74, 6) is 0.894. The smallest absolute Gasteiger partial charge is 0.212 e. The van der Waals surface area contributed by atoms with Crippen molar-refractivity contribution in [3.63, 3.8) is 0 Å². The molecule has 2 aromatic carbocycles. The zero-order valence-corrected chi connectivity index (χ0v) is 12.4. The molecule has 3 nitrogen and oxygen atoms in total. The van der Waals surface area contributed by atoms with Gasteiger partial charge in [-0.25, -0.2) is 13.1 Å². The van der Waals surface area contributed by atoms with Gasteiger partial charge in [-0.1, -0.05) is 54.6 Å². The number of nitrogens with one attached hydrogen (secondary N) is 1. The Hall–Kier alpha value is -1.65. The van der Waals surface area contributed by atoms with Crippen LogP contribution in [0.4, 0.5) is 0 Å². The van der Waals surface area contributed by atoms with Crippen molar-refractivity contribution in [1.82, 2.24) is 4.72 Å². The molecule has 0 amide bonds. The molecule has 0 radical (unpaired) electrons. The van der Waals surface area contributed by atoms with Gasteiger partial charge >= 0.3 is 0 Å². The molecular weight excluding hydrogens is 282 g/mol. The van der Waals surface area contributed by atoms with Crippen LogP contribution in [0.25, 0.3) is 0 Å². The predicted molar refractivity (Wildman–Crippen MR) is 82.4 cm³/mol. The molecule has 2 aliphatic carbocycles. The van der Waals surface area contributed by atoms with Crippen LogP contribution in [0.3, 0.4) is 0 Å². The molecule has 1 saturated carbocycles. The molecule has 1 N–H and O–H groups in total. The maximum Gasteiger partial charge on any atom is 0.216 e. The molecule has 0 aliphatic heterocycles. The van der Waals surface area contributed by atoms with Crippen molar-refractivity contribution in [2.75, 3.05) is 0 Å². The average molecular weight is 299 g/mol. The normalized spacial score (nSPS) is 26.2. The fourth-order valence-electron chi connectivity index (χ4n) is 3.55. The van der Waals surface area contributed by atoms with Gasteiger partial charge in [0.2, 0.25) is 10.0 Å². The Morgan fingerprint density at radius 3 is 2.52 bits per heavy atom. The Kier molecular flexibility index (Phi) is 2.91. The van der Waals surface area contributed by atoms with Gasteiger partial charge in [0.25, 0.3) is 0 Å². The van der Waals surface area contributed by atoms with E-state index in [0.717, 1.165) is 12.0 Å². The van der Waals surface area contributed by atoms with E-state index in [1.165, 1.54) is 11.1 Å². The topological polar surface area (TPSA) is 46.2 Å². The summed E-state index contributed by atoms with van der Waals surface area (Å²) >= 11 is 0. The Morgan fingerprint density at radius 2 is 1.71 bits per heavy atom. The highest BCUT2D eigenvalue weighted by Gasteiger charge is 2.56. The molecule has 1 fully saturated rings. The lowest BCUT2D eigenvalue weighted by atomic mass is 10.1. The molecule has 2 aromatic rings. The summed E-state index contributed by atoms with van der Waals surface area (Å²) in [6.45, 7) is 0. The third-order valence-corrected chi connectivity index (χ3v) is 5.90. The van der Waals surface area contributed by atoms with Crippen molar-refractivity contribution in [3.05, 3.63) is 71.3 Å². The van der Waals surface area contributed by atoms with Crippen molar-refractivity contribution in [1.29, 1.82) is 0 Å². The van der Waals surface area contributed by atoms with E-state index in [0.29, 0.717) is 11.8 Å². The zero-order valence-electron chi connectivity index (χ0n) is 11.6. The van der Waals surface area contributed by atoms with E-state index >= 15 is 0 Å². The molecule has 4 heteroatoms. The molecule has 3 atom stereocenters. The van der Waals surface area contributed by atoms with E-state index in [-0.39, 0.29) is 11.8 Å². The Bertz CT molecular complexity index is 770. The third kappa shape index (κ3) is 2.39. The zero-order chi connectivity index (χ0) is 14.4. The standard InChI is InChI=1S/C17H17NO2S/c19-21(20,11-12-6-2-1-3-7-12)18-17-15-10-13-8-4-5-9-14(13)16(15)17/h1-9,15-18H,10-11H2/t15-,16+,17+/m0/s1. The maximum absolute atomic E-state index is 12.3. The van der Waals surface area contributed by atoms with Gasteiger partial charge in [-0.15, -0.1) is 0 Å². The number of benzene rings is 2. The van der Waals surface area contributed by atoms with Gasteiger partial charge in [-0.2, -0.15) is 0 Å². The SMILES string of the molecule is O=S(=O)(Cc1ccccc1)N[C@@H]1[C@H]2Cc3ccccc3[C@H]21. The molecule has 4 rings (SSSR count). The largest absolute Gasteiger partial charge is 0.216 e. The fraction of sp³-hybridized carbons (Fsp3) is 0.294. The number of sulfonamides is 1. The summed E-state index contributed by atoms with van der Waals surface area (Å²) in [5, 5.41) is 0. The van der Waals surface area contributed by atoms with Crippen molar-refractivity contribution in [2.24, 2.45) is 5.92 Å². The highest BCUT2D eigenvalue weighted by molar-refractivity contribution is 7.88. The molecule has 0 spiro atoms. The monoisotopic (exact) mass is 299 g/mol. The molecule has 0 aromatic heterocycles. The lowest BCUT2D eigenvalue weighted by Crippen LogP contribution is -2.30. The van der Waals surface area contributed by atoms with Gasteiger partial charge in [0.15, 0.2) is 0 Å². The number of hydrogen-bond acceptors (Lipinski definition) is 2. The number of fused-ring (bicyclic) bond motifs is 3. The van der Waals surface area contributed by atoms with E-state index in [4.69, 9.17) is 0 Å². The number of hydrogen-bond donors (Lipinski definition) is 1. The molecule has 2 aliphatic rings. The van der Waals surface area contributed by atoms with Gasteiger partial charge in [0.1, 0.15) is 0 Å². The summed E-state index contributed by atoms with van der Waals surface area (Å²) in [6, 6.07) is 17.8. The van der Waals surface area contributed by atoms with E-state index in [1.807, 2.05) is 36.4 Å². The highest BCUT2D eigenvalue weighted by Crippen LogP contribution is 2.56. The molecule has 0 saturated heterocycles. The minimum atomic E-state index is -3.27. The van der Waals surface area contributed by atoms with Crippen LogP contribution < -0.4 is 4.72 Å². The minimum Gasteiger partial charge on any atom is -0.212 e. The van der Waals surface area contributed by atoms with Crippen molar-refractivity contribution < 1.29 is 8.42 Å². The Morgan fingerprint density at radius 1 is 1.00 bits per heavy atom. The van der Waals surface area contributed by atoms with Crippen LogP contribution in [0.2, 0.25) is 0 Å². The average Bonchev–Trinajstić information content (AvgIpc) is 2.96. The summed E-state index contributed by atoms with van der Waals surface area (Å²) in [7, 11) is -3.27. The van der Waals surface area contributed by atoms with Crippen LogP contribution in [-0.4, -0.2) is 14.5 Å². The van der Waals surface area contributed by atoms with Crippen LogP contribution in [0.15, 0.2) is 54.6 Å². The van der Waals surface area contributed by atoms with Crippen molar-refractivity contribution in [2.45, 2.75) is 24.1 Å². The van der Waals surface area contributed by atoms with Crippen LogP contribution in [0, 0.1) is 5.92 Å². The first kappa shape index (κ1) is 13.0. The number of rotatable bonds is 4. The second-order valence-corrected chi connectivity index (χ2v) is 7.73. The second-order valence-electron chi connectivity index (χ2n) is 5.98. The van der Waals surface area contributed by atoms with Gasteiger partial charge in [0, 0.05) is 12.0 Å². The summed E-state index contributed by atoms with van der Waals surface area (Å²) in [6.07, 6.45) is 0.999. The van der Waals surface area contributed by atoms with Crippen molar-refractivity contribution in [3.8, 4) is 0 Å². The van der Waals surface area contributed by atoms with E-state index in [1.54, 1.807) is 0 Å². The van der Waals surface area contributed by atoms with E-state index in [2.05, 4.69) is 22.9 Å². The highest BCUT2D eigenvalue weighted by atomic mass is 32.2. The van der Waals surface area contributed by atoms with Crippen LogP contribution in [0.1, 0.15) is 22.6 Å². The van der Waals surface area contributed by atoms with Crippen LogP contribution in [0.5, 0.6) is 0 Å². The van der Waals surface area contributed by atoms with E-state index in [9.17, 15) is 8.42 Å². The molecule has 0 heterocycles. The van der Waals surface area contributed by atoms with Crippen LogP contribution in [-0.2, 0) is 22.2 Å². The molecule has 0 unspecified atom stereocenters. The van der Waals surface area contributed by atoms with Gasteiger partial charge in [-0.05, 0) is 29.0 Å². The summed E-state index contributed by atoms with van der Waals surface area (Å²) in [4.78, 5) is 0. The first-order valence-electron chi connectivity index (χ1n) is 7.26. The van der Waals surface area contributed by atoms with Gasteiger partial charge in [-0.3, -0.25) is 0 Å². The van der Waals surface area contributed by atoms with Crippen molar-refractivity contribution >= 4 is 10.0 Å².